The molecule has 7 rings (SSSR count). The second-order valence-corrected chi connectivity index (χ2v) is 9.73. The second-order valence-electron chi connectivity index (χ2n) is 8.87. The normalized spacial score (nSPS) is 22.0. The Morgan fingerprint density at radius 3 is 2.41 bits per heavy atom. The van der Waals surface area contributed by atoms with E-state index in [9.17, 15) is 19.5 Å². The van der Waals surface area contributed by atoms with Crippen molar-refractivity contribution >= 4 is 34.4 Å². The van der Waals surface area contributed by atoms with Crippen molar-refractivity contribution in [2.45, 2.75) is 18.4 Å². The SMILES string of the molecule is O=C(Nc1nc(C(=O)N2CC3CC2C3C(=O)O)cs1)OCC1c2ccccc2-c2ccccc21. The van der Waals surface area contributed by atoms with Crippen molar-refractivity contribution in [2.24, 2.45) is 11.8 Å². The third-order valence-corrected chi connectivity index (χ3v) is 7.88. The van der Waals surface area contributed by atoms with Gasteiger partial charge in [0, 0.05) is 23.9 Å². The number of anilines is 1. The number of amides is 2. The molecule has 2 aliphatic heterocycles. The molecule has 34 heavy (non-hydrogen) atoms. The summed E-state index contributed by atoms with van der Waals surface area (Å²) in [4.78, 5) is 42.5. The van der Waals surface area contributed by atoms with Crippen LogP contribution in [0.15, 0.2) is 53.9 Å². The highest BCUT2D eigenvalue weighted by Crippen LogP contribution is 2.47. The van der Waals surface area contributed by atoms with E-state index in [1.807, 2.05) is 24.3 Å². The standard InChI is InChI=1S/C25H21N3O5S/c29-22(28-10-13-9-20(28)21(13)23(30)31)19-12-34-24(26-19)27-25(32)33-11-18-16-7-3-1-5-14(16)15-6-2-4-8-17(15)18/h1-8,12-13,18,20-21H,9-11H2,(H,30,31)(H,26,27,32). The van der Waals surface area contributed by atoms with Gasteiger partial charge in [-0.25, -0.2) is 9.78 Å². The summed E-state index contributed by atoms with van der Waals surface area (Å²) >= 11 is 1.14. The largest absolute Gasteiger partial charge is 0.481 e. The van der Waals surface area contributed by atoms with E-state index in [0.29, 0.717) is 6.54 Å². The van der Waals surface area contributed by atoms with Gasteiger partial charge in [0.25, 0.3) is 5.91 Å². The molecule has 2 N–H and O–H groups in total. The highest BCUT2D eigenvalue weighted by atomic mass is 32.1. The maximum absolute atomic E-state index is 12.8. The molecule has 0 spiro atoms. The fourth-order valence-corrected chi connectivity index (χ4v) is 6.19. The average molecular weight is 476 g/mol. The maximum Gasteiger partial charge on any atom is 0.413 e. The molecule has 3 heterocycles. The van der Waals surface area contributed by atoms with E-state index in [0.717, 1.165) is 40.0 Å². The Labute approximate surface area is 199 Å². The van der Waals surface area contributed by atoms with Gasteiger partial charge in [-0.1, -0.05) is 48.5 Å². The van der Waals surface area contributed by atoms with Gasteiger partial charge in [0.1, 0.15) is 12.3 Å². The maximum atomic E-state index is 12.8. The topological polar surface area (TPSA) is 109 Å². The van der Waals surface area contributed by atoms with E-state index in [4.69, 9.17) is 4.74 Å². The number of hydrogen-bond donors (Lipinski definition) is 2. The van der Waals surface area contributed by atoms with Gasteiger partial charge in [0.15, 0.2) is 5.13 Å². The van der Waals surface area contributed by atoms with Gasteiger partial charge < -0.3 is 14.7 Å². The molecule has 9 heteroatoms. The number of rotatable bonds is 5. The second kappa shape index (κ2) is 7.95. The van der Waals surface area contributed by atoms with Crippen LogP contribution in [0.4, 0.5) is 9.93 Å². The highest BCUT2D eigenvalue weighted by molar-refractivity contribution is 7.14. The third kappa shape index (κ3) is 3.27. The summed E-state index contributed by atoms with van der Waals surface area (Å²) in [5.74, 6) is -1.67. The number of ether oxygens (including phenoxy) is 1. The number of carbonyl (C=O) groups is 3. The van der Waals surface area contributed by atoms with Crippen molar-refractivity contribution < 1.29 is 24.2 Å². The molecule has 8 nitrogen and oxygen atoms in total. The fraction of sp³-hybridized carbons (Fsp3) is 0.280. The molecule has 2 amide bonds. The molecule has 3 fully saturated rings. The number of fused-ring (bicyclic) bond motifs is 4. The first-order valence-corrected chi connectivity index (χ1v) is 12.0. The van der Waals surface area contributed by atoms with Crippen molar-refractivity contribution in [1.82, 2.24) is 9.88 Å². The number of nitrogens with one attached hydrogen (secondary N) is 1. The zero-order valence-corrected chi connectivity index (χ0v) is 18.8. The summed E-state index contributed by atoms with van der Waals surface area (Å²) in [6, 6.07) is 15.9. The Kier molecular flexibility index (Phi) is 4.88. The Balaban J connectivity index is 1.09. The number of hydrogen-bond acceptors (Lipinski definition) is 6. The third-order valence-electron chi connectivity index (χ3n) is 7.12. The van der Waals surface area contributed by atoms with Crippen LogP contribution in [0.2, 0.25) is 0 Å². The van der Waals surface area contributed by atoms with Gasteiger partial charge in [0.2, 0.25) is 0 Å². The molecule has 1 aromatic heterocycles. The van der Waals surface area contributed by atoms with Crippen LogP contribution in [0, 0.1) is 11.8 Å². The van der Waals surface area contributed by atoms with E-state index in [1.165, 1.54) is 0 Å². The number of benzene rings is 2. The van der Waals surface area contributed by atoms with E-state index in [-0.39, 0.29) is 41.2 Å². The van der Waals surface area contributed by atoms with Crippen molar-refractivity contribution in [3.8, 4) is 11.1 Å². The molecule has 1 saturated carbocycles. The molecule has 2 aliphatic carbocycles. The van der Waals surface area contributed by atoms with E-state index in [1.54, 1.807) is 10.3 Å². The van der Waals surface area contributed by atoms with E-state index >= 15 is 0 Å². The van der Waals surface area contributed by atoms with Gasteiger partial charge >= 0.3 is 12.1 Å². The zero-order chi connectivity index (χ0) is 23.4. The number of carboxylic acid groups (broad SMARTS) is 1. The van der Waals surface area contributed by atoms with Crippen LogP contribution in [-0.2, 0) is 9.53 Å². The number of carboxylic acids is 1. The van der Waals surface area contributed by atoms with Crippen LogP contribution in [0.5, 0.6) is 0 Å². The van der Waals surface area contributed by atoms with Gasteiger partial charge in [-0.05, 0) is 34.6 Å². The minimum absolute atomic E-state index is 0.0171. The Bertz CT molecular complexity index is 1280. The molecule has 3 aromatic rings. The van der Waals surface area contributed by atoms with Crippen LogP contribution in [0.1, 0.15) is 34.0 Å². The van der Waals surface area contributed by atoms with Gasteiger partial charge in [-0.2, -0.15) is 0 Å². The molecule has 172 valence electrons. The van der Waals surface area contributed by atoms with Gasteiger partial charge in [-0.15, -0.1) is 11.3 Å². The lowest BCUT2D eigenvalue weighted by molar-refractivity contribution is -0.147. The summed E-state index contributed by atoms with van der Waals surface area (Å²) in [6.45, 7) is 0.623. The lowest BCUT2D eigenvalue weighted by Crippen LogP contribution is -2.45. The molecule has 3 unspecified atom stereocenters. The Hall–Kier alpha value is -3.72. The molecular weight excluding hydrogens is 454 g/mol. The highest BCUT2D eigenvalue weighted by Gasteiger charge is 2.57. The Morgan fingerprint density at radius 2 is 1.76 bits per heavy atom. The summed E-state index contributed by atoms with van der Waals surface area (Å²) in [6.07, 6.45) is 0.0853. The smallest absolute Gasteiger partial charge is 0.413 e. The first-order valence-electron chi connectivity index (χ1n) is 11.1. The van der Waals surface area contributed by atoms with Gasteiger partial charge in [-0.3, -0.25) is 14.9 Å². The molecule has 2 bridgehead atoms. The molecular formula is C25H21N3O5S. The lowest BCUT2D eigenvalue weighted by Gasteiger charge is -2.32. The average Bonchev–Trinajstić information content (AvgIpc) is 3.59. The quantitative estimate of drug-likeness (QED) is 0.576. The predicted octanol–water partition coefficient (Wildman–Crippen LogP) is 4.05. The zero-order valence-electron chi connectivity index (χ0n) is 18.0. The van der Waals surface area contributed by atoms with E-state index in [2.05, 4.69) is 34.6 Å². The van der Waals surface area contributed by atoms with Crippen molar-refractivity contribution in [2.75, 3.05) is 18.5 Å². The molecule has 3 atom stereocenters. The summed E-state index contributed by atoms with van der Waals surface area (Å²) in [7, 11) is 0. The van der Waals surface area contributed by atoms with Crippen molar-refractivity contribution in [3.63, 3.8) is 0 Å². The van der Waals surface area contributed by atoms with Crippen LogP contribution >= 0.6 is 11.3 Å². The molecule has 0 radical (unpaired) electrons. The number of nitrogens with zero attached hydrogens (tertiary/aromatic N) is 2. The first-order chi connectivity index (χ1) is 16.5. The van der Waals surface area contributed by atoms with Crippen LogP contribution in [0.3, 0.4) is 0 Å². The minimum Gasteiger partial charge on any atom is -0.481 e. The van der Waals surface area contributed by atoms with Crippen molar-refractivity contribution in [3.05, 3.63) is 70.7 Å². The Morgan fingerprint density at radius 1 is 1.09 bits per heavy atom. The van der Waals surface area contributed by atoms with Crippen LogP contribution < -0.4 is 5.32 Å². The number of thiazole rings is 1. The molecule has 2 aromatic carbocycles. The monoisotopic (exact) mass is 475 g/mol. The minimum atomic E-state index is -0.854. The number of aliphatic carboxylic acids is 1. The van der Waals surface area contributed by atoms with E-state index < -0.39 is 18.0 Å². The summed E-state index contributed by atoms with van der Waals surface area (Å²) in [5, 5.41) is 13.8. The predicted molar refractivity (Wildman–Crippen MR) is 125 cm³/mol. The summed E-state index contributed by atoms with van der Waals surface area (Å²) < 4.78 is 5.53. The molecule has 2 saturated heterocycles. The summed E-state index contributed by atoms with van der Waals surface area (Å²) in [5.41, 5.74) is 4.76. The number of aromatic nitrogens is 1. The first kappa shape index (κ1) is 20.9. The van der Waals surface area contributed by atoms with Crippen molar-refractivity contribution in [1.29, 1.82) is 0 Å². The lowest BCUT2D eigenvalue weighted by atomic mass is 9.74. The molecule has 4 aliphatic rings. The van der Waals surface area contributed by atoms with Gasteiger partial charge in [0.05, 0.1) is 5.92 Å². The van der Waals surface area contributed by atoms with Crippen LogP contribution in [-0.4, -0.2) is 52.2 Å². The van der Waals surface area contributed by atoms with Crippen LogP contribution in [0.25, 0.3) is 11.1 Å². The number of carbonyl (C=O) groups excluding carboxylic acids is 2. The fourth-order valence-electron chi connectivity index (χ4n) is 5.52.